The minimum atomic E-state index is -0.237. The van der Waals surface area contributed by atoms with E-state index in [4.69, 9.17) is 14.9 Å². The van der Waals surface area contributed by atoms with Gasteiger partial charge in [-0.1, -0.05) is 26.0 Å². The summed E-state index contributed by atoms with van der Waals surface area (Å²) < 4.78 is 11.4. The smallest absolute Gasteiger partial charge is 0.168 e. The molecule has 3 nitrogen and oxygen atoms in total. The molecule has 0 bridgehead atoms. The van der Waals surface area contributed by atoms with Gasteiger partial charge in [-0.15, -0.1) is 0 Å². The summed E-state index contributed by atoms with van der Waals surface area (Å²) >= 11 is 0. The maximum atomic E-state index is 5.88. The Bertz CT molecular complexity index is 514. The highest BCUT2D eigenvalue weighted by molar-refractivity contribution is 5.29. The summed E-state index contributed by atoms with van der Waals surface area (Å²) in [5.41, 5.74) is 7.05. The predicted molar refractivity (Wildman–Crippen MR) is 76.4 cm³/mol. The van der Waals surface area contributed by atoms with Crippen molar-refractivity contribution in [2.24, 2.45) is 5.73 Å². The molecule has 1 atom stereocenters. The first-order chi connectivity index (χ1) is 9.10. The SMILES string of the molecule is Cc1ccc(C(CN)Oc2ccc(C(C)C)cc2)o1. The fraction of sp³-hybridized carbons (Fsp3) is 0.375. The van der Waals surface area contributed by atoms with E-state index in [1.807, 2.05) is 31.2 Å². The molecule has 3 heteroatoms. The van der Waals surface area contributed by atoms with Crippen LogP contribution in [0.1, 0.15) is 43.0 Å². The standard InChI is InChI=1S/C16H21NO2/c1-11(2)13-5-7-14(8-6-13)19-16(10-17)15-9-4-12(3)18-15/h4-9,11,16H,10,17H2,1-3H3. The van der Waals surface area contributed by atoms with E-state index in [0.717, 1.165) is 17.3 Å². The van der Waals surface area contributed by atoms with Crippen LogP contribution >= 0.6 is 0 Å². The Morgan fingerprint density at radius 3 is 2.26 bits per heavy atom. The van der Waals surface area contributed by atoms with Gasteiger partial charge in [0, 0.05) is 6.54 Å². The summed E-state index contributed by atoms with van der Waals surface area (Å²) in [7, 11) is 0. The second-order valence-corrected chi connectivity index (χ2v) is 5.01. The Labute approximate surface area is 114 Å². The zero-order chi connectivity index (χ0) is 13.8. The van der Waals surface area contributed by atoms with Crippen molar-refractivity contribution in [3.63, 3.8) is 0 Å². The van der Waals surface area contributed by atoms with Crippen molar-refractivity contribution in [2.45, 2.75) is 32.8 Å². The molecule has 0 saturated heterocycles. The van der Waals surface area contributed by atoms with Gasteiger partial charge in [0.15, 0.2) is 6.10 Å². The average Bonchev–Trinajstić information content (AvgIpc) is 2.83. The van der Waals surface area contributed by atoms with E-state index in [1.54, 1.807) is 0 Å². The molecular weight excluding hydrogens is 238 g/mol. The Morgan fingerprint density at radius 1 is 1.11 bits per heavy atom. The van der Waals surface area contributed by atoms with Gasteiger partial charge >= 0.3 is 0 Å². The van der Waals surface area contributed by atoms with E-state index in [9.17, 15) is 0 Å². The Morgan fingerprint density at radius 2 is 1.79 bits per heavy atom. The topological polar surface area (TPSA) is 48.4 Å². The summed E-state index contributed by atoms with van der Waals surface area (Å²) in [5, 5.41) is 0. The molecule has 2 aromatic rings. The van der Waals surface area contributed by atoms with E-state index >= 15 is 0 Å². The first-order valence-corrected chi connectivity index (χ1v) is 6.63. The van der Waals surface area contributed by atoms with Crippen molar-refractivity contribution in [3.8, 4) is 5.75 Å². The van der Waals surface area contributed by atoms with Crippen LogP contribution in [0.15, 0.2) is 40.8 Å². The van der Waals surface area contributed by atoms with Crippen molar-refractivity contribution < 1.29 is 9.15 Å². The number of hydrogen-bond donors (Lipinski definition) is 1. The first-order valence-electron chi connectivity index (χ1n) is 6.63. The molecule has 102 valence electrons. The van der Waals surface area contributed by atoms with Crippen LogP contribution in [0, 0.1) is 6.92 Å². The van der Waals surface area contributed by atoms with Gasteiger partial charge in [0.05, 0.1) is 0 Å². The van der Waals surface area contributed by atoms with E-state index in [0.29, 0.717) is 12.5 Å². The fourth-order valence-corrected chi connectivity index (χ4v) is 1.94. The van der Waals surface area contributed by atoms with Crippen molar-refractivity contribution in [3.05, 3.63) is 53.5 Å². The number of ether oxygens (including phenoxy) is 1. The number of nitrogens with two attached hydrogens (primary N) is 1. The minimum Gasteiger partial charge on any atom is -0.481 e. The van der Waals surface area contributed by atoms with Crippen molar-refractivity contribution in [1.82, 2.24) is 0 Å². The molecule has 1 unspecified atom stereocenters. The lowest BCUT2D eigenvalue weighted by Gasteiger charge is -2.16. The molecule has 2 rings (SSSR count). The van der Waals surface area contributed by atoms with Gasteiger partial charge in [0.2, 0.25) is 0 Å². The highest BCUT2D eigenvalue weighted by atomic mass is 16.5. The van der Waals surface area contributed by atoms with Gasteiger partial charge < -0.3 is 14.9 Å². The lowest BCUT2D eigenvalue weighted by atomic mass is 10.0. The van der Waals surface area contributed by atoms with E-state index in [-0.39, 0.29) is 6.10 Å². The van der Waals surface area contributed by atoms with E-state index in [2.05, 4.69) is 26.0 Å². The average molecular weight is 259 g/mol. The number of benzene rings is 1. The van der Waals surface area contributed by atoms with Crippen LogP contribution in [0.25, 0.3) is 0 Å². The molecule has 0 saturated carbocycles. The van der Waals surface area contributed by atoms with E-state index in [1.165, 1.54) is 5.56 Å². The monoisotopic (exact) mass is 259 g/mol. The van der Waals surface area contributed by atoms with Crippen LogP contribution in [0.5, 0.6) is 5.75 Å². The Hall–Kier alpha value is -1.74. The summed E-state index contributed by atoms with van der Waals surface area (Å²) in [6, 6.07) is 12.0. The van der Waals surface area contributed by atoms with Gasteiger partial charge in [-0.3, -0.25) is 0 Å². The molecule has 1 aromatic heterocycles. The molecule has 2 N–H and O–H groups in total. The number of hydrogen-bond acceptors (Lipinski definition) is 3. The van der Waals surface area contributed by atoms with Crippen LogP contribution in [-0.2, 0) is 0 Å². The molecule has 0 spiro atoms. The summed E-state index contributed by atoms with van der Waals surface area (Å²) in [5.74, 6) is 2.97. The maximum absolute atomic E-state index is 5.88. The normalized spacial score (nSPS) is 12.7. The van der Waals surface area contributed by atoms with Crippen molar-refractivity contribution in [1.29, 1.82) is 0 Å². The van der Waals surface area contributed by atoms with Gasteiger partial charge in [0.1, 0.15) is 17.3 Å². The third-order valence-corrected chi connectivity index (χ3v) is 3.12. The predicted octanol–water partition coefficient (Wildman–Crippen LogP) is 3.79. The zero-order valence-electron chi connectivity index (χ0n) is 11.7. The van der Waals surface area contributed by atoms with E-state index < -0.39 is 0 Å². The third-order valence-electron chi connectivity index (χ3n) is 3.12. The van der Waals surface area contributed by atoms with Gasteiger partial charge in [0.25, 0.3) is 0 Å². The lowest BCUT2D eigenvalue weighted by molar-refractivity contribution is 0.182. The number of aryl methyl sites for hydroxylation is 1. The molecule has 0 fully saturated rings. The largest absolute Gasteiger partial charge is 0.481 e. The minimum absolute atomic E-state index is 0.237. The molecule has 0 aliphatic heterocycles. The highest BCUT2D eigenvalue weighted by Gasteiger charge is 2.15. The maximum Gasteiger partial charge on any atom is 0.168 e. The second-order valence-electron chi connectivity index (χ2n) is 5.01. The fourth-order valence-electron chi connectivity index (χ4n) is 1.94. The van der Waals surface area contributed by atoms with Crippen LogP contribution in [0.2, 0.25) is 0 Å². The third kappa shape index (κ3) is 3.38. The lowest BCUT2D eigenvalue weighted by Crippen LogP contribution is -2.17. The Balaban J connectivity index is 2.10. The van der Waals surface area contributed by atoms with Crippen molar-refractivity contribution in [2.75, 3.05) is 6.54 Å². The zero-order valence-corrected chi connectivity index (χ0v) is 11.7. The van der Waals surface area contributed by atoms with Crippen molar-refractivity contribution >= 4 is 0 Å². The number of rotatable bonds is 5. The highest BCUT2D eigenvalue weighted by Crippen LogP contribution is 2.24. The molecule has 0 aliphatic rings. The van der Waals surface area contributed by atoms with Crippen LogP contribution in [0.4, 0.5) is 0 Å². The van der Waals surface area contributed by atoms with Gasteiger partial charge in [-0.25, -0.2) is 0 Å². The van der Waals surface area contributed by atoms with Crippen LogP contribution < -0.4 is 10.5 Å². The molecule has 0 amide bonds. The van der Waals surface area contributed by atoms with Gasteiger partial charge in [-0.2, -0.15) is 0 Å². The number of furan rings is 1. The van der Waals surface area contributed by atoms with Crippen LogP contribution in [-0.4, -0.2) is 6.54 Å². The Kier molecular flexibility index (Phi) is 4.27. The summed E-state index contributed by atoms with van der Waals surface area (Å²) in [4.78, 5) is 0. The second kappa shape index (κ2) is 5.93. The molecule has 0 radical (unpaired) electrons. The molecule has 19 heavy (non-hydrogen) atoms. The first kappa shape index (κ1) is 13.7. The molecule has 1 heterocycles. The molecule has 1 aromatic carbocycles. The summed E-state index contributed by atoms with van der Waals surface area (Å²) in [6.07, 6.45) is -0.237. The molecular formula is C16H21NO2. The summed E-state index contributed by atoms with van der Waals surface area (Å²) in [6.45, 7) is 6.64. The molecule has 0 aliphatic carbocycles. The van der Waals surface area contributed by atoms with Crippen LogP contribution in [0.3, 0.4) is 0 Å². The quantitative estimate of drug-likeness (QED) is 0.888. The van der Waals surface area contributed by atoms with Gasteiger partial charge in [-0.05, 0) is 42.7 Å².